The van der Waals surface area contributed by atoms with E-state index in [1.54, 1.807) is 0 Å². The third-order valence-electron chi connectivity index (χ3n) is 6.31. The van der Waals surface area contributed by atoms with Crippen molar-refractivity contribution in [1.29, 1.82) is 0 Å². The largest absolute Gasteiger partial charge is 0.394 e. The Balaban J connectivity index is 1.43. The summed E-state index contributed by atoms with van der Waals surface area (Å²) >= 11 is 0. The van der Waals surface area contributed by atoms with Crippen LogP contribution in [0.4, 0.5) is 0 Å². The van der Waals surface area contributed by atoms with Gasteiger partial charge in [0, 0.05) is 19.1 Å². The van der Waals surface area contributed by atoms with Crippen LogP contribution < -0.4 is 5.32 Å². The molecule has 2 aliphatic rings. The van der Waals surface area contributed by atoms with E-state index in [1.807, 2.05) is 13.8 Å². The van der Waals surface area contributed by atoms with E-state index in [0.29, 0.717) is 6.04 Å². The van der Waals surface area contributed by atoms with Crippen molar-refractivity contribution >= 4 is 5.91 Å². The van der Waals surface area contributed by atoms with Crippen LogP contribution in [0.1, 0.15) is 45.1 Å². The van der Waals surface area contributed by atoms with Crippen molar-refractivity contribution in [2.75, 3.05) is 39.3 Å². The van der Waals surface area contributed by atoms with Gasteiger partial charge in [0.1, 0.15) is 0 Å². The average molecular weight is 388 g/mol. The SMILES string of the molecule is CC(C)(CO)NC(=O)C1CCCN(C2CCN(CCc3ccccc3)CC2)C1. The second kappa shape index (κ2) is 9.86. The first-order valence-corrected chi connectivity index (χ1v) is 10.9. The van der Waals surface area contributed by atoms with E-state index in [-0.39, 0.29) is 18.4 Å². The highest BCUT2D eigenvalue weighted by molar-refractivity contribution is 5.79. The van der Waals surface area contributed by atoms with E-state index in [4.69, 9.17) is 0 Å². The number of hydrogen-bond donors (Lipinski definition) is 2. The number of rotatable bonds is 7. The number of carbonyl (C=O) groups excluding carboxylic acids is 1. The van der Waals surface area contributed by atoms with Gasteiger partial charge >= 0.3 is 0 Å². The molecule has 5 nitrogen and oxygen atoms in total. The minimum absolute atomic E-state index is 0.0311. The number of amides is 1. The predicted molar refractivity (Wildman–Crippen MR) is 113 cm³/mol. The number of piperidine rings is 2. The number of hydrogen-bond acceptors (Lipinski definition) is 4. The zero-order valence-corrected chi connectivity index (χ0v) is 17.6. The molecule has 2 N–H and O–H groups in total. The summed E-state index contributed by atoms with van der Waals surface area (Å²) in [6.45, 7) is 9.14. The summed E-state index contributed by atoms with van der Waals surface area (Å²) in [4.78, 5) is 17.8. The Morgan fingerprint density at radius 1 is 1.14 bits per heavy atom. The van der Waals surface area contributed by atoms with Gasteiger partial charge < -0.3 is 15.3 Å². The van der Waals surface area contributed by atoms with Crippen LogP contribution in [-0.4, -0.2) is 71.7 Å². The van der Waals surface area contributed by atoms with Crippen LogP contribution in [0.15, 0.2) is 30.3 Å². The molecule has 0 aliphatic carbocycles. The van der Waals surface area contributed by atoms with Gasteiger partial charge in [0.15, 0.2) is 0 Å². The molecule has 156 valence electrons. The Morgan fingerprint density at radius 2 is 1.86 bits per heavy atom. The molecule has 3 rings (SSSR count). The topological polar surface area (TPSA) is 55.8 Å². The number of nitrogens with zero attached hydrogens (tertiary/aromatic N) is 2. The van der Waals surface area contributed by atoms with Gasteiger partial charge in [-0.15, -0.1) is 0 Å². The van der Waals surface area contributed by atoms with Gasteiger partial charge in [0.25, 0.3) is 0 Å². The molecule has 28 heavy (non-hydrogen) atoms. The number of nitrogens with one attached hydrogen (secondary N) is 1. The Kier molecular flexibility index (Phi) is 7.49. The monoisotopic (exact) mass is 387 g/mol. The maximum Gasteiger partial charge on any atom is 0.224 e. The van der Waals surface area contributed by atoms with Crippen molar-refractivity contribution in [2.45, 2.75) is 57.5 Å². The maximum atomic E-state index is 12.6. The van der Waals surface area contributed by atoms with E-state index in [1.165, 1.54) is 18.4 Å². The van der Waals surface area contributed by atoms with Crippen LogP contribution in [0.3, 0.4) is 0 Å². The molecule has 1 aromatic carbocycles. The van der Waals surface area contributed by atoms with E-state index < -0.39 is 5.54 Å². The highest BCUT2D eigenvalue weighted by Gasteiger charge is 2.33. The van der Waals surface area contributed by atoms with Gasteiger partial charge in [0.05, 0.1) is 18.1 Å². The number of carbonyl (C=O) groups is 1. The van der Waals surface area contributed by atoms with Crippen LogP contribution in [0.5, 0.6) is 0 Å². The minimum atomic E-state index is -0.538. The zero-order chi connectivity index (χ0) is 20.0. The Bertz CT molecular complexity index is 612. The molecular formula is C23H37N3O2. The van der Waals surface area contributed by atoms with Gasteiger partial charge in [-0.1, -0.05) is 30.3 Å². The summed E-state index contributed by atoms with van der Waals surface area (Å²) in [5, 5.41) is 12.4. The van der Waals surface area contributed by atoms with Gasteiger partial charge in [-0.05, 0) is 71.1 Å². The zero-order valence-electron chi connectivity index (χ0n) is 17.6. The fourth-order valence-electron chi connectivity index (χ4n) is 4.47. The highest BCUT2D eigenvalue weighted by atomic mass is 16.3. The summed E-state index contributed by atoms with van der Waals surface area (Å²) in [5.74, 6) is 0.153. The summed E-state index contributed by atoms with van der Waals surface area (Å²) in [7, 11) is 0. The van der Waals surface area contributed by atoms with Crippen molar-refractivity contribution in [3.8, 4) is 0 Å². The maximum absolute atomic E-state index is 12.6. The van der Waals surface area contributed by atoms with Gasteiger partial charge in [-0.3, -0.25) is 9.69 Å². The second-order valence-corrected chi connectivity index (χ2v) is 9.17. The van der Waals surface area contributed by atoms with E-state index in [2.05, 4.69) is 45.4 Å². The number of aliphatic hydroxyl groups excluding tert-OH is 1. The molecular weight excluding hydrogens is 350 g/mol. The molecule has 2 heterocycles. The molecule has 0 bridgehead atoms. The lowest BCUT2D eigenvalue weighted by Gasteiger charge is -2.42. The number of likely N-dealkylation sites (tertiary alicyclic amines) is 2. The molecule has 0 saturated carbocycles. The molecule has 0 aromatic heterocycles. The first-order chi connectivity index (χ1) is 13.5. The minimum Gasteiger partial charge on any atom is -0.394 e. The van der Waals surface area contributed by atoms with Gasteiger partial charge in [-0.25, -0.2) is 0 Å². The fraction of sp³-hybridized carbons (Fsp3) is 0.696. The third-order valence-corrected chi connectivity index (χ3v) is 6.31. The molecule has 1 aromatic rings. The molecule has 1 unspecified atom stereocenters. The Hall–Kier alpha value is -1.43. The van der Waals surface area contributed by atoms with E-state index in [0.717, 1.165) is 52.0 Å². The van der Waals surface area contributed by atoms with Gasteiger partial charge in [-0.2, -0.15) is 0 Å². The second-order valence-electron chi connectivity index (χ2n) is 9.17. The Labute approximate surface area is 170 Å². The number of benzene rings is 1. The van der Waals surface area contributed by atoms with E-state index >= 15 is 0 Å². The van der Waals surface area contributed by atoms with Crippen LogP contribution in [0.2, 0.25) is 0 Å². The fourth-order valence-corrected chi connectivity index (χ4v) is 4.47. The van der Waals surface area contributed by atoms with Crippen molar-refractivity contribution in [3.05, 3.63) is 35.9 Å². The molecule has 1 amide bonds. The Morgan fingerprint density at radius 3 is 2.54 bits per heavy atom. The quantitative estimate of drug-likeness (QED) is 0.754. The van der Waals surface area contributed by atoms with Crippen molar-refractivity contribution in [1.82, 2.24) is 15.1 Å². The highest BCUT2D eigenvalue weighted by Crippen LogP contribution is 2.24. The number of aliphatic hydroxyl groups is 1. The smallest absolute Gasteiger partial charge is 0.224 e. The normalized spacial score (nSPS) is 22.9. The molecule has 2 aliphatic heterocycles. The van der Waals surface area contributed by atoms with Crippen LogP contribution in [0.25, 0.3) is 0 Å². The van der Waals surface area contributed by atoms with Crippen LogP contribution >= 0.6 is 0 Å². The first kappa shape index (κ1) is 21.3. The summed E-state index contributed by atoms with van der Waals surface area (Å²) in [5.41, 5.74) is 0.879. The first-order valence-electron chi connectivity index (χ1n) is 10.9. The van der Waals surface area contributed by atoms with E-state index in [9.17, 15) is 9.90 Å². The summed E-state index contributed by atoms with van der Waals surface area (Å²) in [6.07, 6.45) is 5.57. The van der Waals surface area contributed by atoms with Crippen molar-refractivity contribution in [3.63, 3.8) is 0 Å². The molecule has 1 atom stereocenters. The summed E-state index contributed by atoms with van der Waals surface area (Å²) < 4.78 is 0. The summed E-state index contributed by atoms with van der Waals surface area (Å²) in [6, 6.07) is 11.3. The lowest BCUT2D eigenvalue weighted by Crippen LogP contribution is -2.54. The molecule has 0 radical (unpaired) electrons. The average Bonchev–Trinajstić information content (AvgIpc) is 2.73. The molecule has 5 heteroatoms. The molecule has 2 saturated heterocycles. The van der Waals surface area contributed by atoms with Crippen LogP contribution in [-0.2, 0) is 11.2 Å². The van der Waals surface area contributed by atoms with Crippen molar-refractivity contribution in [2.24, 2.45) is 5.92 Å². The third kappa shape index (κ3) is 6.03. The van der Waals surface area contributed by atoms with Crippen molar-refractivity contribution < 1.29 is 9.90 Å². The lowest BCUT2D eigenvalue weighted by molar-refractivity contribution is -0.129. The molecule has 0 spiro atoms. The van der Waals surface area contributed by atoms with Gasteiger partial charge in [0.2, 0.25) is 5.91 Å². The predicted octanol–water partition coefficient (Wildman–Crippen LogP) is 2.29. The standard InChI is InChI=1S/C23H37N3O2/c1-23(2,18-27)24-22(28)20-9-6-13-26(17-20)21-11-15-25(16-12-21)14-10-19-7-4-3-5-8-19/h3-5,7-8,20-21,27H,6,9-18H2,1-2H3,(H,24,28). The van der Waals surface area contributed by atoms with Crippen LogP contribution in [0, 0.1) is 5.92 Å². The lowest BCUT2D eigenvalue weighted by atomic mass is 9.92. The molecule has 2 fully saturated rings.